The Hall–Kier alpha value is -3.15. The number of rotatable bonds is 7. The maximum Gasteiger partial charge on any atom is 0.258 e. The van der Waals surface area contributed by atoms with E-state index in [1.165, 1.54) is 19.3 Å². The number of ether oxygens (including phenoxy) is 1. The van der Waals surface area contributed by atoms with Gasteiger partial charge in [0.2, 0.25) is 0 Å². The van der Waals surface area contributed by atoms with Gasteiger partial charge in [-0.2, -0.15) is 0 Å². The van der Waals surface area contributed by atoms with Crippen LogP contribution in [0.1, 0.15) is 30.5 Å². The summed E-state index contributed by atoms with van der Waals surface area (Å²) in [7, 11) is 0. The second-order valence-corrected chi connectivity index (χ2v) is 7.64. The van der Waals surface area contributed by atoms with Crippen LogP contribution in [0.15, 0.2) is 53.5 Å². The maximum atomic E-state index is 12.6. The second kappa shape index (κ2) is 8.47. The molecule has 4 rings (SSSR count). The highest BCUT2D eigenvalue weighted by atomic mass is 16.5. The predicted molar refractivity (Wildman–Crippen MR) is 112 cm³/mol. The summed E-state index contributed by atoms with van der Waals surface area (Å²) in [6.07, 6.45) is 5.28. The molecule has 0 bridgehead atoms. The molecule has 0 aliphatic heterocycles. The van der Waals surface area contributed by atoms with Gasteiger partial charge in [-0.1, -0.05) is 12.5 Å². The van der Waals surface area contributed by atoms with Gasteiger partial charge in [0.25, 0.3) is 11.5 Å². The molecule has 0 radical (unpaired) electrons. The van der Waals surface area contributed by atoms with Gasteiger partial charge in [0, 0.05) is 30.3 Å². The van der Waals surface area contributed by atoms with Crippen LogP contribution in [-0.4, -0.2) is 22.1 Å². The zero-order valence-electron chi connectivity index (χ0n) is 16.6. The molecule has 150 valence electrons. The van der Waals surface area contributed by atoms with Gasteiger partial charge in [-0.25, -0.2) is 0 Å². The van der Waals surface area contributed by atoms with Gasteiger partial charge in [0.1, 0.15) is 5.75 Å². The number of hydrogen-bond donors (Lipinski definition) is 1. The summed E-state index contributed by atoms with van der Waals surface area (Å²) in [5, 5.41) is 3.83. The minimum absolute atomic E-state index is 0.0205. The molecule has 1 saturated carbocycles. The van der Waals surface area contributed by atoms with E-state index in [0.29, 0.717) is 18.2 Å². The summed E-state index contributed by atoms with van der Waals surface area (Å²) in [6.45, 7) is 2.96. The van der Waals surface area contributed by atoms with Crippen LogP contribution in [0.3, 0.4) is 0 Å². The third kappa shape index (κ3) is 4.47. The lowest BCUT2D eigenvalue weighted by Gasteiger charge is -2.27. The Balaban J connectivity index is 1.46. The Labute approximate surface area is 169 Å². The van der Waals surface area contributed by atoms with Crippen LogP contribution < -0.4 is 15.6 Å². The second-order valence-electron chi connectivity index (χ2n) is 7.64. The van der Waals surface area contributed by atoms with Crippen LogP contribution >= 0.6 is 0 Å². The average molecular weight is 391 g/mol. The molecule has 0 atom stereocenters. The van der Waals surface area contributed by atoms with E-state index in [2.05, 4.69) is 10.3 Å². The Morgan fingerprint density at radius 3 is 2.83 bits per heavy atom. The first-order valence-electron chi connectivity index (χ1n) is 10.0. The van der Waals surface area contributed by atoms with Crippen molar-refractivity contribution < 1.29 is 9.53 Å². The number of aromatic nitrogens is 2. The van der Waals surface area contributed by atoms with Crippen molar-refractivity contribution in [1.82, 2.24) is 14.9 Å². The van der Waals surface area contributed by atoms with E-state index in [1.807, 2.05) is 47.9 Å². The third-order valence-electron chi connectivity index (χ3n) is 5.52. The summed E-state index contributed by atoms with van der Waals surface area (Å²) in [5.41, 5.74) is 2.64. The minimum Gasteiger partial charge on any atom is -0.484 e. The van der Waals surface area contributed by atoms with Crippen molar-refractivity contribution in [2.24, 2.45) is 5.92 Å². The monoisotopic (exact) mass is 391 g/mol. The fraction of sp³-hybridized carbons (Fsp3) is 0.348. The minimum atomic E-state index is -0.216. The summed E-state index contributed by atoms with van der Waals surface area (Å²) >= 11 is 0. The van der Waals surface area contributed by atoms with Crippen molar-refractivity contribution >= 4 is 16.8 Å². The van der Waals surface area contributed by atoms with Gasteiger partial charge in [0.05, 0.1) is 17.8 Å². The number of carbonyl (C=O) groups is 1. The summed E-state index contributed by atoms with van der Waals surface area (Å²) in [4.78, 5) is 28.9. The van der Waals surface area contributed by atoms with E-state index in [0.717, 1.165) is 28.7 Å². The first-order valence-corrected chi connectivity index (χ1v) is 10.0. The molecular weight excluding hydrogens is 366 g/mol. The SMILES string of the molecule is Cc1cc(=O)n(CC2CCC2)c2cc(OCC(=O)NCc3ccccn3)ccc12. The molecule has 1 aliphatic carbocycles. The number of amides is 1. The zero-order valence-corrected chi connectivity index (χ0v) is 16.6. The Morgan fingerprint density at radius 2 is 2.10 bits per heavy atom. The number of fused-ring (bicyclic) bond motifs is 1. The molecule has 6 heteroatoms. The highest BCUT2D eigenvalue weighted by Gasteiger charge is 2.20. The van der Waals surface area contributed by atoms with Crippen molar-refractivity contribution in [3.8, 4) is 5.75 Å². The number of pyridine rings is 2. The molecule has 1 aromatic carbocycles. The molecule has 1 amide bonds. The summed E-state index contributed by atoms with van der Waals surface area (Å²) in [5.74, 6) is 0.935. The van der Waals surface area contributed by atoms with Crippen molar-refractivity contribution in [2.75, 3.05) is 6.61 Å². The van der Waals surface area contributed by atoms with Gasteiger partial charge in [-0.15, -0.1) is 0 Å². The van der Waals surface area contributed by atoms with E-state index in [-0.39, 0.29) is 18.1 Å². The van der Waals surface area contributed by atoms with Gasteiger partial charge < -0.3 is 14.6 Å². The number of benzene rings is 1. The van der Waals surface area contributed by atoms with Crippen molar-refractivity contribution in [3.05, 3.63) is 70.3 Å². The van der Waals surface area contributed by atoms with Gasteiger partial charge in [0.15, 0.2) is 6.61 Å². The van der Waals surface area contributed by atoms with Gasteiger partial charge in [-0.3, -0.25) is 14.6 Å². The average Bonchev–Trinajstić information content (AvgIpc) is 2.70. The van der Waals surface area contributed by atoms with Crippen LogP contribution in [0.2, 0.25) is 0 Å². The molecule has 3 aromatic rings. The molecule has 1 N–H and O–H groups in total. The predicted octanol–water partition coefficient (Wildman–Crippen LogP) is 3.20. The Bertz CT molecular complexity index is 1070. The first kappa shape index (κ1) is 19.2. The van der Waals surface area contributed by atoms with Crippen molar-refractivity contribution in [1.29, 1.82) is 0 Å². The van der Waals surface area contributed by atoms with E-state index >= 15 is 0 Å². The quantitative estimate of drug-likeness (QED) is 0.671. The number of aryl methyl sites for hydroxylation is 1. The van der Waals surface area contributed by atoms with Crippen LogP contribution in [0.25, 0.3) is 10.9 Å². The molecule has 1 fully saturated rings. The molecule has 29 heavy (non-hydrogen) atoms. The molecule has 2 heterocycles. The molecule has 0 unspecified atom stereocenters. The smallest absolute Gasteiger partial charge is 0.258 e. The Kier molecular flexibility index (Phi) is 5.60. The topological polar surface area (TPSA) is 73.2 Å². The lowest BCUT2D eigenvalue weighted by Crippen LogP contribution is -2.29. The first-order chi connectivity index (χ1) is 14.1. The fourth-order valence-electron chi connectivity index (χ4n) is 3.63. The highest BCUT2D eigenvalue weighted by Crippen LogP contribution is 2.29. The van der Waals surface area contributed by atoms with Crippen molar-refractivity contribution in [3.63, 3.8) is 0 Å². The normalized spacial score (nSPS) is 13.8. The van der Waals surface area contributed by atoms with Gasteiger partial charge in [-0.05, 0) is 55.5 Å². The third-order valence-corrected chi connectivity index (χ3v) is 5.52. The number of nitrogens with one attached hydrogen (secondary N) is 1. The molecule has 6 nitrogen and oxygen atoms in total. The maximum absolute atomic E-state index is 12.6. The van der Waals surface area contributed by atoms with Crippen molar-refractivity contribution in [2.45, 2.75) is 39.3 Å². The molecular formula is C23H25N3O3. The van der Waals surface area contributed by atoms with Crippen LogP contribution in [0.4, 0.5) is 0 Å². The lowest BCUT2D eigenvalue weighted by molar-refractivity contribution is -0.123. The standard InChI is InChI=1S/C23H25N3O3/c1-16-11-23(28)26(14-17-5-4-6-17)21-12-19(8-9-20(16)21)29-15-22(27)25-13-18-7-2-3-10-24-18/h2-3,7-12,17H,4-6,13-15H2,1H3,(H,25,27). The van der Waals surface area contributed by atoms with Crippen LogP contribution in [0, 0.1) is 12.8 Å². The van der Waals surface area contributed by atoms with E-state index in [4.69, 9.17) is 4.74 Å². The van der Waals surface area contributed by atoms with Crippen LogP contribution in [-0.2, 0) is 17.9 Å². The van der Waals surface area contributed by atoms with E-state index in [9.17, 15) is 9.59 Å². The molecule has 2 aromatic heterocycles. The number of nitrogens with zero attached hydrogens (tertiary/aromatic N) is 2. The molecule has 0 saturated heterocycles. The van der Waals surface area contributed by atoms with Gasteiger partial charge >= 0.3 is 0 Å². The zero-order chi connectivity index (χ0) is 20.2. The molecule has 0 spiro atoms. The summed E-state index contributed by atoms with van der Waals surface area (Å²) in [6, 6.07) is 12.9. The van der Waals surface area contributed by atoms with Crippen LogP contribution in [0.5, 0.6) is 5.75 Å². The lowest BCUT2D eigenvalue weighted by atomic mass is 9.85. The highest BCUT2D eigenvalue weighted by molar-refractivity contribution is 5.84. The van der Waals surface area contributed by atoms with E-state index < -0.39 is 0 Å². The Morgan fingerprint density at radius 1 is 1.24 bits per heavy atom. The molecule has 1 aliphatic rings. The summed E-state index contributed by atoms with van der Waals surface area (Å²) < 4.78 is 7.54. The number of carbonyl (C=O) groups excluding carboxylic acids is 1. The van der Waals surface area contributed by atoms with E-state index in [1.54, 1.807) is 12.3 Å². The largest absolute Gasteiger partial charge is 0.484 e. The fourth-order valence-corrected chi connectivity index (χ4v) is 3.63. The number of hydrogen-bond acceptors (Lipinski definition) is 4.